The number of piperidine rings is 1. The van der Waals surface area contributed by atoms with Crippen molar-refractivity contribution in [3.8, 4) is 0 Å². The molecule has 1 aromatic carbocycles. The number of nitrogens with zero attached hydrogens (tertiary/aromatic N) is 2. The van der Waals surface area contributed by atoms with Crippen molar-refractivity contribution in [3.63, 3.8) is 0 Å². The zero-order valence-corrected chi connectivity index (χ0v) is 14.6. The van der Waals surface area contributed by atoms with Crippen LogP contribution in [-0.2, 0) is 0 Å². The summed E-state index contributed by atoms with van der Waals surface area (Å²) in [6.07, 6.45) is 2.02. The van der Waals surface area contributed by atoms with Gasteiger partial charge in [0.25, 0.3) is 5.91 Å². The van der Waals surface area contributed by atoms with Gasteiger partial charge >= 0.3 is 0 Å². The molecule has 4 rings (SSSR count). The molecule has 1 amide bonds. The molecule has 0 aliphatic carbocycles. The lowest BCUT2D eigenvalue weighted by Crippen LogP contribution is -2.37. The fourth-order valence-electron chi connectivity index (χ4n) is 3.10. The minimum atomic E-state index is 0.186. The number of likely N-dealkylation sites (tertiary alicyclic amines) is 1. The third-order valence-corrected chi connectivity index (χ3v) is 6.58. The number of fused-ring (bicyclic) bond motifs is 1. The lowest BCUT2D eigenvalue weighted by atomic mass is 9.97. The summed E-state index contributed by atoms with van der Waals surface area (Å²) in [5.74, 6) is 0.673. The molecule has 0 N–H and O–H groups in total. The second-order valence-electron chi connectivity index (χ2n) is 6.00. The van der Waals surface area contributed by atoms with Crippen LogP contribution in [0.1, 0.15) is 38.3 Å². The van der Waals surface area contributed by atoms with E-state index in [0.717, 1.165) is 36.3 Å². The molecule has 1 saturated heterocycles. The van der Waals surface area contributed by atoms with Gasteiger partial charge in [-0.3, -0.25) is 4.79 Å². The van der Waals surface area contributed by atoms with Gasteiger partial charge in [-0.15, -0.1) is 22.7 Å². The van der Waals surface area contributed by atoms with E-state index in [1.165, 1.54) is 14.6 Å². The summed E-state index contributed by atoms with van der Waals surface area (Å²) in [7, 11) is 0. The predicted molar refractivity (Wildman–Crippen MR) is 96.6 cm³/mol. The predicted octanol–water partition coefficient (Wildman–Crippen LogP) is 4.69. The molecule has 2 aromatic heterocycles. The molecule has 1 aliphatic heterocycles. The maximum absolute atomic E-state index is 12.5. The smallest absolute Gasteiger partial charge is 0.263 e. The highest BCUT2D eigenvalue weighted by Crippen LogP contribution is 2.34. The van der Waals surface area contributed by atoms with Crippen LogP contribution in [0.4, 0.5) is 0 Å². The van der Waals surface area contributed by atoms with Crippen molar-refractivity contribution >= 4 is 38.8 Å². The highest BCUT2D eigenvalue weighted by Gasteiger charge is 2.26. The molecule has 1 fully saturated rings. The Kier molecular flexibility index (Phi) is 3.91. The molecule has 0 radical (unpaired) electrons. The second-order valence-corrected chi connectivity index (χ2v) is 8.35. The molecular weight excluding hydrogens is 324 g/mol. The van der Waals surface area contributed by atoms with Crippen LogP contribution >= 0.6 is 22.7 Å². The normalized spacial score (nSPS) is 16.1. The second kappa shape index (κ2) is 6.06. The minimum absolute atomic E-state index is 0.186. The Hall–Kier alpha value is -1.72. The largest absolute Gasteiger partial charge is 0.338 e. The number of thiophene rings is 1. The lowest BCUT2D eigenvalue weighted by molar-refractivity contribution is 0.0718. The number of thiazole rings is 1. The van der Waals surface area contributed by atoms with Crippen LogP contribution in [0.2, 0.25) is 0 Å². The molecule has 0 unspecified atom stereocenters. The number of carbonyl (C=O) groups is 1. The molecule has 0 atom stereocenters. The minimum Gasteiger partial charge on any atom is -0.338 e. The molecule has 118 valence electrons. The quantitative estimate of drug-likeness (QED) is 0.677. The standard InChI is InChI=1S/C18H18N2OS2/c1-12-6-7-16(22-12)18(21)20-10-8-13(9-11-20)17-19-14-4-2-3-5-15(14)23-17/h2-7,13H,8-11H2,1H3. The number of aromatic nitrogens is 1. The Morgan fingerprint density at radius 2 is 1.91 bits per heavy atom. The molecular formula is C18H18N2OS2. The van der Waals surface area contributed by atoms with Crippen molar-refractivity contribution in [1.82, 2.24) is 9.88 Å². The summed E-state index contributed by atoms with van der Waals surface area (Å²) in [6, 6.07) is 12.3. The number of amides is 1. The first-order valence-electron chi connectivity index (χ1n) is 7.92. The van der Waals surface area contributed by atoms with Gasteiger partial charge < -0.3 is 4.90 Å². The van der Waals surface area contributed by atoms with Crippen molar-refractivity contribution in [2.24, 2.45) is 0 Å². The average Bonchev–Trinajstić information content (AvgIpc) is 3.20. The highest BCUT2D eigenvalue weighted by molar-refractivity contribution is 7.18. The zero-order valence-electron chi connectivity index (χ0n) is 13.0. The first-order chi connectivity index (χ1) is 11.2. The molecule has 0 bridgehead atoms. The summed E-state index contributed by atoms with van der Waals surface area (Å²) < 4.78 is 1.26. The molecule has 5 heteroatoms. The van der Waals surface area contributed by atoms with Crippen molar-refractivity contribution in [2.45, 2.75) is 25.7 Å². The van der Waals surface area contributed by atoms with Crippen molar-refractivity contribution < 1.29 is 4.79 Å². The van der Waals surface area contributed by atoms with Crippen LogP contribution in [-0.4, -0.2) is 28.9 Å². The molecule has 0 spiro atoms. The summed E-state index contributed by atoms with van der Waals surface area (Å²) in [5.41, 5.74) is 1.10. The Morgan fingerprint density at radius 1 is 1.13 bits per heavy atom. The first-order valence-corrected chi connectivity index (χ1v) is 9.55. The van der Waals surface area contributed by atoms with Gasteiger partial charge in [-0.05, 0) is 44.0 Å². The van der Waals surface area contributed by atoms with Gasteiger partial charge in [0, 0.05) is 23.9 Å². The molecule has 3 aromatic rings. The number of benzene rings is 1. The van der Waals surface area contributed by atoms with E-state index in [-0.39, 0.29) is 5.91 Å². The van der Waals surface area contributed by atoms with Crippen LogP contribution in [0.3, 0.4) is 0 Å². The van der Waals surface area contributed by atoms with Gasteiger partial charge in [-0.1, -0.05) is 12.1 Å². The molecule has 0 saturated carbocycles. The Labute approximate surface area is 143 Å². The van der Waals surface area contributed by atoms with E-state index in [4.69, 9.17) is 4.98 Å². The maximum Gasteiger partial charge on any atom is 0.263 e. The van der Waals surface area contributed by atoms with E-state index < -0.39 is 0 Å². The summed E-state index contributed by atoms with van der Waals surface area (Å²) in [6.45, 7) is 3.70. The van der Waals surface area contributed by atoms with Crippen LogP contribution in [0.15, 0.2) is 36.4 Å². The Bertz CT molecular complexity index is 810. The Balaban J connectivity index is 1.45. The van der Waals surface area contributed by atoms with E-state index in [1.807, 2.05) is 30.0 Å². The van der Waals surface area contributed by atoms with Gasteiger partial charge in [-0.2, -0.15) is 0 Å². The number of para-hydroxylation sites is 1. The van der Waals surface area contributed by atoms with Gasteiger partial charge in [0.05, 0.1) is 20.1 Å². The summed E-state index contributed by atoms with van der Waals surface area (Å²) in [5, 5.41) is 1.23. The van der Waals surface area contributed by atoms with E-state index in [9.17, 15) is 4.79 Å². The summed E-state index contributed by atoms with van der Waals surface area (Å²) in [4.78, 5) is 21.4. The molecule has 3 nitrogen and oxygen atoms in total. The SMILES string of the molecule is Cc1ccc(C(=O)N2CCC(c3nc4ccccc4s3)CC2)s1. The van der Waals surface area contributed by atoms with Crippen molar-refractivity contribution in [3.05, 3.63) is 51.2 Å². The van der Waals surface area contributed by atoms with E-state index in [2.05, 4.69) is 18.2 Å². The van der Waals surface area contributed by atoms with Crippen LogP contribution < -0.4 is 0 Å². The van der Waals surface area contributed by atoms with E-state index in [1.54, 1.807) is 22.7 Å². The Morgan fingerprint density at radius 3 is 2.61 bits per heavy atom. The number of rotatable bonds is 2. The van der Waals surface area contributed by atoms with Gasteiger partial charge in [0.1, 0.15) is 0 Å². The van der Waals surface area contributed by atoms with Crippen molar-refractivity contribution in [2.75, 3.05) is 13.1 Å². The van der Waals surface area contributed by atoms with E-state index >= 15 is 0 Å². The van der Waals surface area contributed by atoms with Gasteiger partial charge in [-0.25, -0.2) is 4.98 Å². The van der Waals surface area contributed by atoms with Crippen LogP contribution in [0, 0.1) is 6.92 Å². The number of aryl methyl sites for hydroxylation is 1. The van der Waals surface area contributed by atoms with Crippen LogP contribution in [0.5, 0.6) is 0 Å². The number of hydrogen-bond acceptors (Lipinski definition) is 4. The van der Waals surface area contributed by atoms with Gasteiger partial charge in [0.2, 0.25) is 0 Å². The maximum atomic E-state index is 12.5. The van der Waals surface area contributed by atoms with Crippen LogP contribution in [0.25, 0.3) is 10.2 Å². The highest BCUT2D eigenvalue weighted by atomic mass is 32.1. The summed E-state index contributed by atoms with van der Waals surface area (Å²) >= 11 is 3.39. The number of hydrogen-bond donors (Lipinski definition) is 0. The number of carbonyl (C=O) groups excluding carboxylic acids is 1. The average molecular weight is 342 g/mol. The molecule has 1 aliphatic rings. The monoisotopic (exact) mass is 342 g/mol. The third kappa shape index (κ3) is 2.91. The fraction of sp³-hybridized carbons (Fsp3) is 0.333. The third-order valence-electron chi connectivity index (χ3n) is 4.39. The fourth-order valence-corrected chi connectivity index (χ4v) is 5.07. The zero-order chi connectivity index (χ0) is 15.8. The topological polar surface area (TPSA) is 33.2 Å². The first kappa shape index (κ1) is 14.8. The molecule has 23 heavy (non-hydrogen) atoms. The molecule has 3 heterocycles. The van der Waals surface area contributed by atoms with Gasteiger partial charge in [0.15, 0.2) is 0 Å². The van der Waals surface area contributed by atoms with Crippen molar-refractivity contribution in [1.29, 1.82) is 0 Å². The lowest BCUT2D eigenvalue weighted by Gasteiger charge is -2.30. The van der Waals surface area contributed by atoms with E-state index in [0.29, 0.717) is 5.92 Å².